The number of hydrogen-bond donors (Lipinski definition) is 1. The topological polar surface area (TPSA) is 43.8 Å². The van der Waals surface area contributed by atoms with E-state index >= 15 is 0 Å². The third-order valence-electron chi connectivity index (χ3n) is 2.56. The van der Waals surface area contributed by atoms with Gasteiger partial charge in [0.15, 0.2) is 0 Å². The van der Waals surface area contributed by atoms with Gasteiger partial charge in [-0.25, -0.2) is 0 Å². The lowest BCUT2D eigenvalue weighted by molar-refractivity contribution is 0.592. The van der Waals surface area contributed by atoms with Crippen LogP contribution in [0.5, 0.6) is 0 Å². The number of nitrogens with zero attached hydrogens (tertiary/aromatic N) is 2. The minimum Gasteiger partial charge on any atom is -0.322 e. The molecular weight excluding hydrogens is 206 g/mol. The summed E-state index contributed by atoms with van der Waals surface area (Å²) < 4.78 is 1.97. The number of aromatic nitrogens is 2. The minimum absolute atomic E-state index is 0.103. The first-order valence-electron chi connectivity index (χ1n) is 5.57. The average molecular weight is 227 g/mol. The second-order valence-electron chi connectivity index (χ2n) is 3.73. The lowest BCUT2D eigenvalue weighted by Crippen LogP contribution is -2.19. The highest BCUT2D eigenvalue weighted by Crippen LogP contribution is 2.20. The third kappa shape index (κ3) is 3.54. The van der Waals surface area contributed by atoms with Gasteiger partial charge in [-0.1, -0.05) is 13.8 Å². The molecule has 1 rings (SSSR count). The summed E-state index contributed by atoms with van der Waals surface area (Å²) in [4.78, 5) is 0. The second kappa shape index (κ2) is 6.18. The van der Waals surface area contributed by atoms with Gasteiger partial charge in [0.1, 0.15) is 0 Å². The molecule has 0 aliphatic carbocycles. The van der Waals surface area contributed by atoms with Gasteiger partial charge in [0.2, 0.25) is 0 Å². The number of aryl methyl sites for hydroxylation is 1. The standard InChI is InChI=1S/C11H21N3S/c1-4-9(3)15-8-10(12)11-6-7-13-14(11)5-2/h6-7,9-10H,4-5,8,12H2,1-3H3. The smallest absolute Gasteiger partial charge is 0.0559 e. The van der Waals surface area contributed by atoms with Crippen molar-refractivity contribution in [2.24, 2.45) is 5.73 Å². The summed E-state index contributed by atoms with van der Waals surface area (Å²) in [5.74, 6) is 0.973. The van der Waals surface area contributed by atoms with Gasteiger partial charge in [-0.05, 0) is 19.4 Å². The fourth-order valence-corrected chi connectivity index (χ4v) is 2.34. The molecule has 1 aromatic rings. The fraction of sp³-hybridized carbons (Fsp3) is 0.727. The Kier molecular flexibility index (Phi) is 5.19. The Balaban J connectivity index is 2.49. The van der Waals surface area contributed by atoms with Crippen molar-refractivity contribution >= 4 is 11.8 Å². The van der Waals surface area contributed by atoms with E-state index in [1.807, 2.05) is 28.7 Å². The number of rotatable bonds is 6. The van der Waals surface area contributed by atoms with Gasteiger partial charge in [-0.3, -0.25) is 4.68 Å². The van der Waals surface area contributed by atoms with Crippen LogP contribution in [0.2, 0.25) is 0 Å². The third-order valence-corrected chi connectivity index (χ3v) is 4.02. The van der Waals surface area contributed by atoms with Crippen LogP contribution >= 0.6 is 11.8 Å². The highest BCUT2D eigenvalue weighted by molar-refractivity contribution is 7.99. The quantitative estimate of drug-likeness (QED) is 0.811. The van der Waals surface area contributed by atoms with E-state index in [1.165, 1.54) is 6.42 Å². The largest absolute Gasteiger partial charge is 0.322 e. The van der Waals surface area contributed by atoms with E-state index in [-0.39, 0.29) is 6.04 Å². The molecule has 0 spiro atoms. The van der Waals surface area contributed by atoms with Crippen LogP contribution in [-0.4, -0.2) is 20.8 Å². The first-order chi connectivity index (χ1) is 7.19. The van der Waals surface area contributed by atoms with E-state index in [4.69, 9.17) is 5.73 Å². The molecule has 0 saturated heterocycles. The molecule has 0 saturated carbocycles. The number of nitrogens with two attached hydrogens (primary N) is 1. The lowest BCUT2D eigenvalue weighted by atomic mass is 10.2. The van der Waals surface area contributed by atoms with Crippen molar-refractivity contribution in [3.8, 4) is 0 Å². The predicted octanol–water partition coefficient (Wildman–Crippen LogP) is 2.43. The van der Waals surface area contributed by atoms with Crippen molar-refractivity contribution in [1.29, 1.82) is 0 Å². The Labute approximate surface area is 96.4 Å². The molecule has 15 heavy (non-hydrogen) atoms. The van der Waals surface area contributed by atoms with Crippen LogP contribution in [0.4, 0.5) is 0 Å². The minimum atomic E-state index is 0.103. The normalized spacial score (nSPS) is 15.2. The van der Waals surface area contributed by atoms with Crippen LogP contribution in [0.15, 0.2) is 12.3 Å². The molecule has 0 amide bonds. The van der Waals surface area contributed by atoms with E-state index in [9.17, 15) is 0 Å². The second-order valence-corrected chi connectivity index (χ2v) is 5.20. The van der Waals surface area contributed by atoms with Crippen LogP contribution in [-0.2, 0) is 6.54 Å². The SMILES string of the molecule is CCC(C)SCC(N)c1ccnn1CC. The van der Waals surface area contributed by atoms with Crippen molar-refractivity contribution in [3.63, 3.8) is 0 Å². The van der Waals surface area contributed by atoms with Crippen molar-refractivity contribution in [2.45, 2.75) is 45.0 Å². The fourth-order valence-electron chi connectivity index (χ4n) is 1.39. The maximum absolute atomic E-state index is 6.14. The Morgan fingerprint density at radius 2 is 2.27 bits per heavy atom. The van der Waals surface area contributed by atoms with Gasteiger partial charge in [-0.15, -0.1) is 0 Å². The first-order valence-corrected chi connectivity index (χ1v) is 6.62. The molecule has 1 heterocycles. The molecule has 3 nitrogen and oxygen atoms in total. The van der Waals surface area contributed by atoms with Gasteiger partial charge in [0, 0.05) is 23.7 Å². The summed E-state index contributed by atoms with van der Waals surface area (Å²) >= 11 is 1.94. The summed E-state index contributed by atoms with van der Waals surface area (Å²) in [6.07, 6.45) is 3.02. The van der Waals surface area contributed by atoms with Crippen LogP contribution < -0.4 is 5.73 Å². The molecule has 0 radical (unpaired) electrons. The van der Waals surface area contributed by atoms with E-state index in [0.29, 0.717) is 5.25 Å². The zero-order chi connectivity index (χ0) is 11.3. The summed E-state index contributed by atoms with van der Waals surface area (Å²) in [6.45, 7) is 7.43. The van der Waals surface area contributed by atoms with Crippen molar-refractivity contribution in [2.75, 3.05) is 5.75 Å². The molecule has 1 aromatic heterocycles. The maximum atomic E-state index is 6.14. The first kappa shape index (κ1) is 12.6. The Morgan fingerprint density at radius 1 is 1.53 bits per heavy atom. The molecule has 0 aliphatic rings. The maximum Gasteiger partial charge on any atom is 0.0559 e. The highest BCUT2D eigenvalue weighted by Gasteiger charge is 2.12. The zero-order valence-electron chi connectivity index (χ0n) is 9.81. The van der Waals surface area contributed by atoms with Gasteiger partial charge < -0.3 is 5.73 Å². The van der Waals surface area contributed by atoms with Gasteiger partial charge in [0.25, 0.3) is 0 Å². The van der Waals surface area contributed by atoms with E-state index < -0.39 is 0 Å². The Bertz CT molecular complexity index is 285. The van der Waals surface area contributed by atoms with Crippen LogP contribution in [0, 0.1) is 0 Å². The van der Waals surface area contributed by atoms with Crippen molar-refractivity contribution in [3.05, 3.63) is 18.0 Å². The molecule has 0 aliphatic heterocycles. The van der Waals surface area contributed by atoms with Crippen LogP contribution in [0.3, 0.4) is 0 Å². The number of hydrogen-bond acceptors (Lipinski definition) is 3. The molecule has 2 unspecified atom stereocenters. The van der Waals surface area contributed by atoms with E-state index in [0.717, 1.165) is 18.0 Å². The summed E-state index contributed by atoms with van der Waals surface area (Å²) in [5.41, 5.74) is 7.28. The molecule has 0 fully saturated rings. The van der Waals surface area contributed by atoms with Crippen LogP contribution in [0.1, 0.15) is 38.9 Å². The monoisotopic (exact) mass is 227 g/mol. The Morgan fingerprint density at radius 3 is 2.87 bits per heavy atom. The Hall–Kier alpha value is -0.480. The van der Waals surface area contributed by atoms with Gasteiger partial charge in [-0.2, -0.15) is 16.9 Å². The zero-order valence-corrected chi connectivity index (χ0v) is 10.6. The molecule has 86 valence electrons. The molecule has 4 heteroatoms. The number of thioether (sulfide) groups is 1. The van der Waals surface area contributed by atoms with Crippen molar-refractivity contribution < 1.29 is 0 Å². The summed E-state index contributed by atoms with van der Waals surface area (Å²) in [7, 11) is 0. The molecule has 0 aromatic carbocycles. The van der Waals surface area contributed by atoms with Crippen molar-refractivity contribution in [1.82, 2.24) is 9.78 Å². The van der Waals surface area contributed by atoms with Gasteiger partial charge in [0.05, 0.1) is 11.7 Å². The van der Waals surface area contributed by atoms with E-state index in [1.54, 1.807) is 0 Å². The predicted molar refractivity (Wildman–Crippen MR) is 67.0 cm³/mol. The molecule has 2 atom stereocenters. The van der Waals surface area contributed by atoms with Gasteiger partial charge >= 0.3 is 0 Å². The average Bonchev–Trinajstić information content (AvgIpc) is 2.73. The van der Waals surface area contributed by atoms with E-state index in [2.05, 4.69) is 25.9 Å². The summed E-state index contributed by atoms with van der Waals surface area (Å²) in [6, 6.07) is 2.12. The molecule has 2 N–H and O–H groups in total. The lowest BCUT2D eigenvalue weighted by Gasteiger charge is -2.15. The molecule has 0 bridgehead atoms. The molecular formula is C11H21N3S. The van der Waals surface area contributed by atoms with Crippen LogP contribution in [0.25, 0.3) is 0 Å². The summed E-state index contributed by atoms with van der Waals surface area (Å²) in [5, 5.41) is 4.92. The highest BCUT2D eigenvalue weighted by atomic mass is 32.2.